The Bertz CT molecular complexity index is 374. The smallest absolute Gasteiger partial charge is 0.203 e. The highest BCUT2D eigenvalue weighted by Crippen LogP contribution is 2.52. The molecule has 0 bridgehead atoms. The minimum atomic E-state index is -2.60. The van der Waals surface area contributed by atoms with Crippen LogP contribution in [0.5, 0.6) is 0 Å². The zero-order chi connectivity index (χ0) is 17.9. The van der Waals surface area contributed by atoms with E-state index in [1.165, 1.54) is 0 Å². The fourth-order valence-corrected chi connectivity index (χ4v) is 6.69. The fourth-order valence-electron chi connectivity index (χ4n) is 3.73. The molecule has 0 amide bonds. The van der Waals surface area contributed by atoms with Gasteiger partial charge in [-0.15, -0.1) is 0 Å². The predicted octanol–water partition coefficient (Wildman–Crippen LogP) is 5.82. The van der Waals surface area contributed by atoms with Crippen LogP contribution >= 0.6 is 7.37 Å². The van der Waals surface area contributed by atoms with E-state index in [-0.39, 0.29) is 16.9 Å². The zero-order valence-corrected chi connectivity index (χ0v) is 17.5. The molecule has 0 spiro atoms. The van der Waals surface area contributed by atoms with Gasteiger partial charge in [-0.1, -0.05) is 55.4 Å². The highest BCUT2D eigenvalue weighted by Gasteiger charge is 2.34. The van der Waals surface area contributed by atoms with Gasteiger partial charge in [0.1, 0.15) is 6.10 Å². The maximum Gasteiger partial charge on any atom is 0.203 e. The van der Waals surface area contributed by atoms with Crippen molar-refractivity contribution in [3.05, 3.63) is 0 Å². The third-order valence-corrected chi connectivity index (χ3v) is 6.98. The van der Waals surface area contributed by atoms with Gasteiger partial charge in [0.2, 0.25) is 7.37 Å². The second-order valence-corrected chi connectivity index (χ2v) is 12.8. The molecule has 0 aromatic rings. The molecule has 3 atom stereocenters. The van der Waals surface area contributed by atoms with Gasteiger partial charge in [-0.2, -0.15) is 0 Å². The summed E-state index contributed by atoms with van der Waals surface area (Å²) in [7, 11) is -2.60. The molecule has 3 unspecified atom stereocenters. The first-order chi connectivity index (χ1) is 10.3. The third-order valence-electron chi connectivity index (χ3n) is 4.00. The predicted molar refractivity (Wildman–Crippen MR) is 99.5 cm³/mol. The number of ether oxygens (including phenoxy) is 1. The average Bonchev–Trinajstić information content (AvgIpc) is 3.03. The molecule has 0 radical (unpaired) electrons. The van der Waals surface area contributed by atoms with Gasteiger partial charge in [0.05, 0.1) is 13.2 Å². The van der Waals surface area contributed by atoms with Crippen molar-refractivity contribution in [1.82, 2.24) is 0 Å². The lowest BCUT2D eigenvalue weighted by Gasteiger charge is -2.30. The molecule has 0 aliphatic carbocycles. The molecule has 3 nitrogen and oxygen atoms in total. The topological polar surface area (TPSA) is 38.8 Å². The van der Waals surface area contributed by atoms with Gasteiger partial charge in [-0.3, -0.25) is 4.57 Å². The Morgan fingerprint density at radius 1 is 1.00 bits per heavy atom. The van der Waals surface area contributed by atoms with Crippen molar-refractivity contribution >= 4 is 7.37 Å². The largest absolute Gasteiger partial charge is 0.371 e. The molecule has 0 saturated carbocycles. The summed E-state index contributed by atoms with van der Waals surface area (Å²) in [4.78, 5) is 0. The van der Waals surface area contributed by atoms with Crippen molar-refractivity contribution in [2.45, 2.75) is 74.3 Å². The van der Waals surface area contributed by atoms with E-state index >= 15 is 0 Å². The summed E-state index contributed by atoms with van der Waals surface area (Å²) in [5.74, 6) is 0.839. The maximum absolute atomic E-state index is 13.5. The molecule has 1 fully saturated rings. The Kier molecular flexibility index (Phi) is 7.39. The molecular formula is C19H39O3P. The molecule has 4 heteroatoms. The van der Waals surface area contributed by atoms with Crippen molar-refractivity contribution in [3.8, 4) is 0 Å². The van der Waals surface area contributed by atoms with Crippen LogP contribution in [0.2, 0.25) is 0 Å². The summed E-state index contributed by atoms with van der Waals surface area (Å²) in [5.41, 5.74) is 0.530. The van der Waals surface area contributed by atoms with Crippen molar-refractivity contribution < 1.29 is 13.8 Å². The van der Waals surface area contributed by atoms with Gasteiger partial charge in [0.15, 0.2) is 0 Å². The van der Waals surface area contributed by atoms with Crippen molar-refractivity contribution in [1.29, 1.82) is 0 Å². The lowest BCUT2D eigenvalue weighted by Crippen LogP contribution is -2.20. The van der Waals surface area contributed by atoms with Crippen LogP contribution in [-0.4, -0.2) is 31.6 Å². The SMILES string of the molecule is CC(CC(C)(C)C)CP(=O)(CC(C)CC(C)(C)C)OCC1CO1. The van der Waals surface area contributed by atoms with Crippen LogP contribution in [-0.2, 0) is 13.8 Å². The third kappa shape index (κ3) is 10.6. The number of epoxide rings is 1. The quantitative estimate of drug-likeness (QED) is 0.390. The Morgan fingerprint density at radius 3 is 1.70 bits per heavy atom. The summed E-state index contributed by atoms with van der Waals surface area (Å²) >= 11 is 0. The highest BCUT2D eigenvalue weighted by molar-refractivity contribution is 7.59. The van der Waals surface area contributed by atoms with Gasteiger partial charge < -0.3 is 9.26 Å². The Morgan fingerprint density at radius 2 is 1.39 bits per heavy atom. The summed E-state index contributed by atoms with van der Waals surface area (Å²) in [5, 5.41) is 0. The summed E-state index contributed by atoms with van der Waals surface area (Å²) in [6.07, 6.45) is 3.73. The van der Waals surface area contributed by atoms with E-state index in [0.29, 0.717) is 30.8 Å². The lowest BCUT2D eigenvalue weighted by atomic mass is 9.86. The first kappa shape index (κ1) is 21.2. The first-order valence-electron chi connectivity index (χ1n) is 9.12. The number of hydrogen-bond acceptors (Lipinski definition) is 3. The summed E-state index contributed by atoms with van der Waals surface area (Å²) in [6.45, 7) is 19.2. The van der Waals surface area contributed by atoms with E-state index in [0.717, 1.165) is 19.4 Å². The minimum absolute atomic E-state index is 0.180. The zero-order valence-electron chi connectivity index (χ0n) is 16.6. The Hall–Kier alpha value is 0.150. The number of rotatable bonds is 9. The highest BCUT2D eigenvalue weighted by atomic mass is 31.2. The van der Waals surface area contributed by atoms with Crippen molar-refractivity contribution in [2.75, 3.05) is 25.5 Å². The van der Waals surface area contributed by atoms with Crippen LogP contribution in [0.1, 0.15) is 68.2 Å². The lowest BCUT2D eigenvalue weighted by molar-refractivity contribution is 0.249. The molecule has 0 N–H and O–H groups in total. The van der Waals surface area contributed by atoms with Gasteiger partial charge in [0.25, 0.3) is 0 Å². The average molecular weight is 346 g/mol. The van der Waals surface area contributed by atoms with E-state index in [4.69, 9.17) is 9.26 Å². The molecule has 1 saturated heterocycles. The first-order valence-corrected chi connectivity index (χ1v) is 11.1. The van der Waals surface area contributed by atoms with E-state index in [9.17, 15) is 4.57 Å². The minimum Gasteiger partial charge on any atom is -0.371 e. The van der Waals surface area contributed by atoms with E-state index < -0.39 is 7.37 Å². The van der Waals surface area contributed by atoms with E-state index in [2.05, 4.69) is 55.4 Å². The van der Waals surface area contributed by atoms with E-state index in [1.807, 2.05) is 0 Å². The molecule has 138 valence electrons. The normalized spacial score (nSPS) is 24.1. The van der Waals surface area contributed by atoms with Gasteiger partial charge >= 0.3 is 0 Å². The fraction of sp³-hybridized carbons (Fsp3) is 1.00. The van der Waals surface area contributed by atoms with Crippen LogP contribution in [0.3, 0.4) is 0 Å². The summed E-state index contributed by atoms with van der Waals surface area (Å²) in [6, 6.07) is 0. The van der Waals surface area contributed by atoms with Gasteiger partial charge in [-0.25, -0.2) is 0 Å². The van der Waals surface area contributed by atoms with Crippen LogP contribution in [0.25, 0.3) is 0 Å². The second kappa shape index (κ2) is 8.02. The van der Waals surface area contributed by atoms with Crippen molar-refractivity contribution in [3.63, 3.8) is 0 Å². The van der Waals surface area contributed by atoms with Crippen LogP contribution in [0, 0.1) is 22.7 Å². The van der Waals surface area contributed by atoms with Gasteiger partial charge in [-0.05, 0) is 35.5 Å². The van der Waals surface area contributed by atoms with Crippen LogP contribution < -0.4 is 0 Å². The van der Waals surface area contributed by atoms with Gasteiger partial charge in [0, 0.05) is 12.3 Å². The van der Waals surface area contributed by atoms with E-state index in [1.54, 1.807) is 0 Å². The molecule has 0 aromatic heterocycles. The molecule has 1 rings (SSSR count). The molecule has 1 aliphatic rings. The van der Waals surface area contributed by atoms with Crippen LogP contribution in [0.4, 0.5) is 0 Å². The Balaban J connectivity index is 2.65. The summed E-state index contributed by atoms with van der Waals surface area (Å²) < 4.78 is 24.6. The Labute approximate surface area is 144 Å². The molecule has 1 aliphatic heterocycles. The molecule has 23 heavy (non-hydrogen) atoms. The monoisotopic (exact) mass is 346 g/mol. The second-order valence-electron chi connectivity index (χ2n) is 10.2. The van der Waals surface area contributed by atoms with Crippen molar-refractivity contribution in [2.24, 2.45) is 22.7 Å². The number of hydrogen-bond donors (Lipinski definition) is 0. The molecular weight excluding hydrogens is 307 g/mol. The molecule has 1 heterocycles. The molecule has 0 aromatic carbocycles. The maximum atomic E-state index is 13.5. The van der Waals surface area contributed by atoms with Crippen LogP contribution in [0.15, 0.2) is 0 Å². The standard InChI is InChI=1S/C19H39O3P/c1-15(9-18(3,4)5)13-23(20,22-12-17-11-21-17)14-16(2)10-19(6,7)8/h15-17H,9-14H2,1-8H3.